The predicted molar refractivity (Wildman–Crippen MR) is 98.7 cm³/mol. The fourth-order valence-corrected chi connectivity index (χ4v) is 2.85. The van der Waals surface area contributed by atoms with Crippen molar-refractivity contribution in [1.29, 1.82) is 0 Å². The second-order valence-electron chi connectivity index (χ2n) is 6.28. The first-order valence-electron chi connectivity index (χ1n) is 8.39. The number of hydrogen-bond donors (Lipinski definition) is 2. The van der Waals surface area contributed by atoms with Gasteiger partial charge in [0.25, 0.3) is 11.5 Å². The maximum absolute atomic E-state index is 12.2. The van der Waals surface area contributed by atoms with Gasteiger partial charge in [0.1, 0.15) is 6.54 Å². The summed E-state index contributed by atoms with van der Waals surface area (Å²) in [4.78, 5) is 36.3. The number of amides is 2. The second kappa shape index (κ2) is 7.40. The van der Waals surface area contributed by atoms with Crippen LogP contribution in [-0.4, -0.2) is 31.4 Å². The number of nitrogens with zero attached hydrogens (tertiary/aromatic N) is 4. The van der Waals surface area contributed by atoms with Crippen LogP contribution >= 0.6 is 0 Å². The Labute approximate surface area is 155 Å². The lowest BCUT2D eigenvalue weighted by atomic mass is 10.1. The number of hydrogen-bond acceptors (Lipinski definition) is 5. The number of rotatable bonds is 4. The van der Waals surface area contributed by atoms with Crippen molar-refractivity contribution >= 4 is 22.6 Å². The lowest BCUT2D eigenvalue weighted by molar-refractivity contribution is -0.129. The molecule has 0 fully saturated rings. The summed E-state index contributed by atoms with van der Waals surface area (Å²) < 4.78 is 2.76. The molecule has 2 N–H and O–H groups in total. The average Bonchev–Trinajstić information content (AvgIpc) is 2.94. The number of aryl methyl sites for hydroxylation is 3. The van der Waals surface area contributed by atoms with Crippen LogP contribution < -0.4 is 16.4 Å². The number of carbonyl (C=O) groups is 2. The van der Waals surface area contributed by atoms with Crippen LogP contribution in [0.2, 0.25) is 0 Å². The van der Waals surface area contributed by atoms with Crippen molar-refractivity contribution in [2.75, 3.05) is 0 Å². The summed E-state index contributed by atoms with van der Waals surface area (Å²) in [5.74, 6) is -0.833. The van der Waals surface area contributed by atoms with Gasteiger partial charge < -0.3 is 0 Å². The van der Waals surface area contributed by atoms with Gasteiger partial charge in [-0.1, -0.05) is 18.2 Å². The van der Waals surface area contributed by atoms with Crippen LogP contribution in [0, 0.1) is 13.8 Å². The van der Waals surface area contributed by atoms with E-state index in [2.05, 4.69) is 21.0 Å². The van der Waals surface area contributed by atoms with Crippen molar-refractivity contribution in [2.24, 2.45) is 7.05 Å². The first kappa shape index (κ1) is 18.3. The molecular formula is C18H20N6O3. The van der Waals surface area contributed by atoms with Crippen LogP contribution in [0.25, 0.3) is 10.8 Å². The van der Waals surface area contributed by atoms with Gasteiger partial charge in [-0.25, -0.2) is 4.68 Å². The maximum atomic E-state index is 12.2. The molecule has 9 nitrogen and oxygen atoms in total. The lowest BCUT2D eigenvalue weighted by Crippen LogP contribution is -2.44. The van der Waals surface area contributed by atoms with Gasteiger partial charge in [-0.2, -0.15) is 10.2 Å². The second-order valence-corrected chi connectivity index (χ2v) is 6.28. The highest BCUT2D eigenvalue weighted by Crippen LogP contribution is 2.13. The van der Waals surface area contributed by atoms with Crippen molar-refractivity contribution in [3.05, 3.63) is 57.8 Å². The van der Waals surface area contributed by atoms with Crippen LogP contribution in [-0.2, 0) is 29.6 Å². The van der Waals surface area contributed by atoms with Gasteiger partial charge in [-0.15, -0.1) is 0 Å². The molecule has 0 aliphatic rings. The summed E-state index contributed by atoms with van der Waals surface area (Å²) in [5, 5.41) is 9.47. The predicted octanol–water partition coefficient (Wildman–Crippen LogP) is 0.137. The summed E-state index contributed by atoms with van der Waals surface area (Å²) in [6.07, 6.45) is -0.0746. The SMILES string of the molecule is Cc1cc(C)n(CC(=O)NNC(=O)Cc2nn(C)c(=O)c3ccccc23)n1. The average molecular weight is 368 g/mol. The van der Waals surface area contributed by atoms with Crippen molar-refractivity contribution < 1.29 is 9.59 Å². The number of hydrazine groups is 1. The normalized spacial score (nSPS) is 10.8. The molecule has 0 saturated carbocycles. The number of fused-ring (bicyclic) bond motifs is 1. The topological polar surface area (TPSA) is 111 Å². The minimum absolute atomic E-state index is 0.000965. The Balaban J connectivity index is 1.65. The van der Waals surface area contributed by atoms with Gasteiger partial charge in [0.05, 0.1) is 23.2 Å². The van der Waals surface area contributed by atoms with Crippen molar-refractivity contribution in [3.8, 4) is 0 Å². The molecule has 0 atom stereocenters. The smallest absolute Gasteiger partial charge is 0.273 e. The van der Waals surface area contributed by atoms with E-state index in [1.807, 2.05) is 19.9 Å². The third-order valence-electron chi connectivity index (χ3n) is 4.10. The van der Waals surface area contributed by atoms with Crippen molar-refractivity contribution in [2.45, 2.75) is 26.8 Å². The van der Waals surface area contributed by atoms with E-state index < -0.39 is 11.8 Å². The summed E-state index contributed by atoms with van der Waals surface area (Å²) in [6.45, 7) is 3.69. The molecule has 140 valence electrons. The van der Waals surface area contributed by atoms with Crippen LogP contribution in [0.4, 0.5) is 0 Å². The molecule has 9 heteroatoms. The van der Waals surface area contributed by atoms with E-state index in [0.717, 1.165) is 11.4 Å². The van der Waals surface area contributed by atoms with E-state index in [-0.39, 0.29) is 18.5 Å². The molecule has 0 unspecified atom stereocenters. The quantitative estimate of drug-likeness (QED) is 0.636. The highest BCUT2D eigenvalue weighted by atomic mass is 16.2. The molecule has 0 aliphatic carbocycles. The summed E-state index contributed by atoms with van der Waals surface area (Å²) in [6, 6.07) is 8.83. The van der Waals surface area contributed by atoms with Crippen LogP contribution in [0.5, 0.6) is 0 Å². The molecule has 2 heterocycles. The molecule has 27 heavy (non-hydrogen) atoms. The Morgan fingerprint density at radius 3 is 2.37 bits per heavy atom. The number of nitrogens with one attached hydrogen (secondary N) is 2. The van der Waals surface area contributed by atoms with Gasteiger partial charge >= 0.3 is 0 Å². The van der Waals surface area contributed by atoms with Gasteiger partial charge in [0.15, 0.2) is 0 Å². The maximum Gasteiger partial charge on any atom is 0.274 e. The number of aromatic nitrogens is 4. The molecule has 3 aromatic rings. The van der Waals surface area contributed by atoms with E-state index in [4.69, 9.17) is 0 Å². The van der Waals surface area contributed by atoms with E-state index >= 15 is 0 Å². The summed E-state index contributed by atoms with van der Waals surface area (Å²) >= 11 is 0. The molecule has 0 spiro atoms. The number of benzene rings is 1. The van der Waals surface area contributed by atoms with Crippen molar-refractivity contribution in [1.82, 2.24) is 30.4 Å². The molecule has 3 rings (SSSR count). The Kier molecular flexibility index (Phi) is 5.02. The van der Waals surface area contributed by atoms with Crippen LogP contribution in [0.15, 0.2) is 35.1 Å². The largest absolute Gasteiger partial charge is 0.274 e. The molecule has 2 aromatic heterocycles. The lowest BCUT2D eigenvalue weighted by Gasteiger charge is -2.10. The molecule has 0 radical (unpaired) electrons. The minimum Gasteiger partial charge on any atom is -0.273 e. The van der Waals surface area contributed by atoms with Gasteiger partial charge in [0, 0.05) is 18.1 Å². The van der Waals surface area contributed by atoms with E-state index in [1.54, 1.807) is 28.9 Å². The first-order chi connectivity index (χ1) is 12.8. The van der Waals surface area contributed by atoms with E-state index in [0.29, 0.717) is 16.5 Å². The fourth-order valence-electron chi connectivity index (χ4n) is 2.85. The summed E-state index contributed by atoms with van der Waals surface area (Å²) in [5.41, 5.74) is 6.64. The first-order valence-corrected chi connectivity index (χ1v) is 8.39. The third-order valence-corrected chi connectivity index (χ3v) is 4.10. The zero-order valence-electron chi connectivity index (χ0n) is 15.3. The van der Waals surface area contributed by atoms with Gasteiger partial charge in [-0.3, -0.25) is 29.9 Å². The van der Waals surface area contributed by atoms with Crippen LogP contribution in [0.3, 0.4) is 0 Å². The monoisotopic (exact) mass is 368 g/mol. The van der Waals surface area contributed by atoms with Gasteiger partial charge in [0.2, 0.25) is 5.91 Å². The highest BCUT2D eigenvalue weighted by Gasteiger charge is 2.13. The van der Waals surface area contributed by atoms with Crippen LogP contribution in [0.1, 0.15) is 17.1 Å². The Morgan fingerprint density at radius 1 is 1.04 bits per heavy atom. The fraction of sp³-hybridized carbons (Fsp3) is 0.278. The molecule has 2 amide bonds. The molecule has 1 aromatic carbocycles. The Morgan fingerprint density at radius 2 is 1.70 bits per heavy atom. The van der Waals surface area contributed by atoms with E-state index in [1.165, 1.54) is 11.7 Å². The minimum atomic E-state index is -0.437. The third kappa shape index (κ3) is 4.02. The molecule has 0 aliphatic heterocycles. The Hall–Kier alpha value is -3.49. The molecule has 0 bridgehead atoms. The molecular weight excluding hydrogens is 348 g/mol. The standard InChI is InChI=1S/C18H20N6O3/c1-11-8-12(2)24(21-11)10-17(26)20-19-16(25)9-15-13-6-4-5-7-14(13)18(27)23(3)22-15/h4-8H,9-10H2,1-3H3,(H,19,25)(H,20,26). The summed E-state index contributed by atoms with van der Waals surface area (Å²) in [7, 11) is 1.53. The van der Waals surface area contributed by atoms with Crippen molar-refractivity contribution in [3.63, 3.8) is 0 Å². The Bertz CT molecular complexity index is 1080. The zero-order valence-corrected chi connectivity index (χ0v) is 15.3. The van der Waals surface area contributed by atoms with Gasteiger partial charge in [-0.05, 0) is 26.0 Å². The highest BCUT2D eigenvalue weighted by molar-refractivity contribution is 5.89. The number of carbonyl (C=O) groups excluding carboxylic acids is 2. The molecule has 0 saturated heterocycles. The zero-order chi connectivity index (χ0) is 19.6. The van der Waals surface area contributed by atoms with E-state index in [9.17, 15) is 14.4 Å².